The molecule has 0 fully saturated rings. The number of hydrogen-bond donors (Lipinski definition) is 1. The van der Waals surface area contributed by atoms with E-state index in [1.165, 1.54) is 0 Å². The average Bonchev–Trinajstić information content (AvgIpc) is 2.61. The standard InChI is InChI=1S/C8H10N4O/c1-5-3-7(13-11-5)6-4-8(9)12(2)10-6/h3-4H,9H2,1-2H3. The quantitative estimate of drug-likeness (QED) is 0.706. The van der Waals surface area contributed by atoms with Gasteiger partial charge in [-0.1, -0.05) is 5.16 Å². The molecule has 13 heavy (non-hydrogen) atoms. The van der Waals surface area contributed by atoms with Gasteiger partial charge in [0.15, 0.2) is 5.76 Å². The fraction of sp³-hybridized carbons (Fsp3) is 0.250. The maximum atomic E-state index is 5.62. The summed E-state index contributed by atoms with van der Waals surface area (Å²) in [6.45, 7) is 1.86. The molecule has 68 valence electrons. The highest BCUT2D eigenvalue weighted by atomic mass is 16.5. The van der Waals surface area contributed by atoms with Crippen molar-refractivity contribution in [1.29, 1.82) is 0 Å². The number of nitrogens with two attached hydrogens (primary N) is 1. The third kappa shape index (κ3) is 1.28. The molecule has 0 aliphatic rings. The van der Waals surface area contributed by atoms with Crippen LogP contribution in [0.3, 0.4) is 0 Å². The van der Waals surface area contributed by atoms with E-state index in [0.717, 1.165) is 5.69 Å². The van der Waals surface area contributed by atoms with E-state index in [4.69, 9.17) is 10.3 Å². The van der Waals surface area contributed by atoms with E-state index in [0.29, 0.717) is 17.3 Å². The zero-order valence-electron chi connectivity index (χ0n) is 7.48. The topological polar surface area (TPSA) is 69.9 Å². The molecule has 5 heteroatoms. The third-order valence-corrected chi connectivity index (χ3v) is 1.80. The van der Waals surface area contributed by atoms with Gasteiger partial charge in [-0.2, -0.15) is 5.10 Å². The van der Waals surface area contributed by atoms with Crippen molar-refractivity contribution in [3.63, 3.8) is 0 Å². The van der Waals surface area contributed by atoms with E-state index in [9.17, 15) is 0 Å². The average molecular weight is 178 g/mol. The van der Waals surface area contributed by atoms with Crippen molar-refractivity contribution in [2.75, 3.05) is 5.73 Å². The molecule has 2 aromatic rings. The maximum Gasteiger partial charge on any atom is 0.187 e. The van der Waals surface area contributed by atoms with Crippen LogP contribution >= 0.6 is 0 Å². The van der Waals surface area contributed by atoms with Crippen LogP contribution in [-0.4, -0.2) is 14.9 Å². The van der Waals surface area contributed by atoms with Crippen LogP contribution in [-0.2, 0) is 7.05 Å². The lowest BCUT2D eigenvalue weighted by atomic mass is 10.3. The second-order valence-electron chi connectivity index (χ2n) is 2.91. The van der Waals surface area contributed by atoms with Gasteiger partial charge in [0.1, 0.15) is 11.5 Å². The first-order valence-corrected chi connectivity index (χ1v) is 3.90. The summed E-state index contributed by atoms with van der Waals surface area (Å²) in [7, 11) is 1.78. The molecule has 5 nitrogen and oxygen atoms in total. The molecule has 2 aromatic heterocycles. The van der Waals surface area contributed by atoms with Crippen LogP contribution in [0.5, 0.6) is 0 Å². The van der Waals surface area contributed by atoms with Gasteiger partial charge in [0.25, 0.3) is 0 Å². The Balaban J connectivity index is 2.46. The molecule has 0 radical (unpaired) electrons. The summed E-state index contributed by atoms with van der Waals surface area (Å²) < 4.78 is 6.63. The van der Waals surface area contributed by atoms with Gasteiger partial charge >= 0.3 is 0 Å². The van der Waals surface area contributed by atoms with E-state index in [-0.39, 0.29) is 0 Å². The van der Waals surface area contributed by atoms with Crippen LogP contribution in [0, 0.1) is 6.92 Å². The molecule has 2 N–H and O–H groups in total. The number of aromatic nitrogens is 3. The first kappa shape index (κ1) is 7.85. The van der Waals surface area contributed by atoms with Gasteiger partial charge in [-0.15, -0.1) is 0 Å². The first-order valence-electron chi connectivity index (χ1n) is 3.90. The Morgan fingerprint density at radius 2 is 2.23 bits per heavy atom. The summed E-state index contributed by atoms with van der Waals surface area (Å²) in [4.78, 5) is 0. The van der Waals surface area contributed by atoms with Gasteiger partial charge < -0.3 is 10.3 Å². The lowest BCUT2D eigenvalue weighted by Gasteiger charge is -1.88. The largest absolute Gasteiger partial charge is 0.384 e. The van der Waals surface area contributed by atoms with Crippen molar-refractivity contribution in [3.8, 4) is 11.5 Å². The van der Waals surface area contributed by atoms with Gasteiger partial charge in [0, 0.05) is 19.2 Å². The van der Waals surface area contributed by atoms with E-state index in [1.54, 1.807) is 17.8 Å². The summed E-state index contributed by atoms with van der Waals surface area (Å²) in [5.41, 5.74) is 7.16. The lowest BCUT2D eigenvalue weighted by Crippen LogP contribution is -1.96. The Labute approximate surface area is 75.1 Å². The predicted octanol–water partition coefficient (Wildman–Crippen LogP) is 0.966. The van der Waals surface area contributed by atoms with Crippen LogP contribution < -0.4 is 5.73 Å². The van der Waals surface area contributed by atoms with Crippen LogP contribution in [0.1, 0.15) is 5.69 Å². The van der Waals surface area contributed by atoms with Crippen LogP contribution in [0.25, 0.3) is 11.5 Å². The molecule has 2 rings (SSSR count). The Bertz CT molecular complexity index is 410. The second-order valence-corrected chi connectivity index (χ2v) is 2.91. The van der Waals surface area contributed by atoms with Crippen LogP contribution in [0.2, 0.25) is 0 Å². The fourth-order valence-corrected chi connectivity index (χ4v) is 1.09. The highest BCUT2D eigenvalue weighted by molar-refractivity contribution is 5.56. The van der Waals surface area contributed by atoms with Crippen molar-refractivity contribution < 1.29 is 4.52 Å². The first-order chi connectivity index (χ1) is 6.16. The second kappa shape index (κ2) is 2.62. The SMILES string of the molecule is Cc1cc(-c2cc(N)n(C)n2)on1. The molecule has 0 amide bonds. The molecule has 0 aliphatic heterocycles. The Morgan fingerprint density at radius 3 is 2.69 bits per heavy atom. The Hall–Kier alpha value is -1.78. The molecule has 2 heterocycles. The van der Waals surface area contributed by atoms with Crippen LogP contribution in [0.15, 0.2) is 16.7 Å². The zero-order chi connectivity index (χ0) is 9.42. The molecule has 0 bridgehead atoms. The predicted molar refractivity (Wildman–Crippen MR) is 47.9 cm³/mol. The number of anilines is 1. The number of nitrogens with zero attached hydrogens (tertiary/aromatic N) is 3. The van der Waals surface area contributed by atoms with Gasteiger partial charge in [0.05, 0.1) is 5.69 Å². The van der Waals surface area contributed by atoms with E-state index in [1.807, 2.05) is 13.0 Å². The molecular formula is C8H10N4O. The smallest absolute Gasteiger partial charge is 0.187 e. The molecule has 0 saturated heterocycles. The molecule has 0 unspecified atom stereocenters. The normalized spacial score (nSPS) is 10.6. The van der Waals surface area contributed by atoms with Crippen molar-refractivity contribution >= 4 is 5.82 Å². The molecule has 0 spiro atoms. The summed E-state index contributed by atoms with van der Waals surface area (Å²) in [5.74, 6) is 1.24. The van der Waals surface area contributed by atoms with E-state index in [2.05, 4.69) is 10.3 Å². The maximum absolute atomic E-state index is 5.62. The molecular weight excluding hydrogens is 168 g/mol. The summed E-state index contributed by atoms with van der Waals surface area (Å²) >= 11 is 0. The van der Waals surface area contributed by atoms with Crippen molar-refractivity contribution in [2.24, 2.45) is 7.05 Å². The van der Waals surface area contributed by atoms with Crippen LogP contribution in [0.4, 0.5) is 5.82 Å². The van der Waals surface area contributed by atoms with Gasteiger partial charge in [0.2, 0.25) is 0 Å². The van der Waals surface area contributed by atoms with E-state index < -0.39 is 0 Å². The molecule has 0 saturated carbocycles. The van der Waals surface area contributed by atoms with Gasteiger partial charge in [-0.05, 0) is 6.92 Å². The van der Waals surface area contributed by atoms with Crippen molar-refractivity contribution in [3.05, 3.63) is 17.8 Å². The Kier molecular flexibility index (Phi) is 1.58. The number of nitrogen functional groups attached to an aromatic ring is 1. The van der Waals surface area contributed by atoms with Gasteiger partial charge in [-0.3, -0.25) is 4.68 Å². The third-order valence-electron chi connectivity index (χ3n) is 1.80. The van der Waals surface area contributed by atoms with Gasteiger partial charge in [-0.25, -0.2) is 0 Å². The van der Waals surface area contributed by atoms with Crippen molar-refractivity contribution in [2.45, 2.75) is 6.92 Å². The van der Waals surface area contributed by atoms with E-state index >= 15 is 0 Å². The lowest BCUT2D eigenvalue weighted by molar-refractivity contribution is 0.425. The summed E-state index contributed by atoms with van der Waals surface area (Å²) in [6, 6.07) is 3.57. The zero-order valence-corrected chi connectivity index (χ0v) is 7.48. The number of hydrogen-bond acceptors (Lipinski definition) is 4. The summed E-state index contributed by atoms with van der Waals surface area (Å²) in [5, 5.41) is 7.92. The fourth-order valence-electron chi connectivity index (χ4n) is 1.09. The number of aryl methyl sites for hydroxylation is 2. The van der Waals surface area contributed by atoms with Crippen molar-refractivity contribution in [1.82, 2.24) is 14.9 Å². The number of rotatable bonds is 1. The monoisotopic (exact) mass is 178 g/mol. The minimum atomic E-state index is 0.601. The molecule has 0 atom stereocenters. The highest BCUT2D eigenvalue weighted by Gasteiger charge is 2.08. The molecule has 0 aromatic carbocycles. The minimum absolute atomic E-state index is 0.601. The highest BCUT2D eigenvalue weighted by Crippen LogP contribution is 2.19. The summed E-state index contributed by atoms with van der Waals surface area (Å²) in [6.07, 6.45) is 0. The minimum Gasteiger partial charge on any atom is -0.384 e. The molecule has 0 aliphatic carbocycles. The Morgan fingerprint density at radius 1 is 1.46 bits per heavy atom.